The summed E-state index contributed by atoms with van der Waals surface area (Å²) in [6.45, 7) is 3.39. The fourth-order valence-corrected chi connectivity index (χ4v) is 1.20. The van der Waals surface area contributed by atoms with E-state index in [1.54, 1.807) is 13.8 Å². The van der Waals surface area contributed by atoms with Crippen molar-refractivity contribution in [1.82, 2.24) is 0 Å². The number of carboxylic acid groups (broad SMARTS) is 3. The zero-order valence-corrected chi connectivity index (χ0v) is 12.7. The van der Waals surface area contributed by atoms with E-state index in [4.69, 9.17) is 26.8 Å². The summed E-state index contributed by atoms with van der Waals surface area (Å²) in [5.74, 6) is -4.53. The van der Waals surface area contributed by atoms with Crippen molar-refractivity contribution in [1.29, 1.82) is 0 Å². The van der Waals surface area contributed by atoms with Crippen molar-refractivity contribution < 1.29 is 34.5 Å². The maximum atomic E-state index is 10.5. The summed E-state index contributed by atoms with van der Waals surface area (Å²) in [6.07, 6.45) is 1.48. The Bertz CT molecular complexity index is 378. The molecule has 0 bridgehead atoms. The van der Waals surface area contributed by atoms with Gasteiger partial charge in [0.15, 0.2) is 0 Å². The first-order chi connectivity index (χ1) is 10.0. The normalized spacial score (nSPS) is 14.0. The summed E-state index contributed by atoms with van der Waals surface area (Å²) in [6, 6.07) is -1.86. The molecule has 7 N–H and O–H groups in total. The molecule has 0 aromatic carbocycles. The third kappa shape index (κ3) is 10.7. The third-order valence-corrected chi connectivity index (χ3v) is 2.94. The Labute approximate surface area is 128 Å². The summed E-state index contributed by atoms with van der Waals surface area (Å²) in [7, 11) is 0. The zero-order chi connectivity index (χ0) is 17.9. The molecule has 0 aromatic heterocycles. The van der Waals surface area contributed by atoms with Crippen molar-refractivity contribution in [3.63, 3.8) is 0 Å². The molecule has 0 aromatic rings. The van der Waals surface area contributed by atoms with Gasteiger partial charge in [0.1, 0.15) is 12.1 Å². The molecular weight excluding hydrogens is 296 g/mol. The van der Waals surface area contributed by atoms with Crippen molar-refractivity contribution in [3.8, 4) is 0 Å². The van der Waals surface area contributed by atoms with E-state index in [0.717, 1.165) is 0 Å². The summed E-state index contributed by atoms with van der Waals surface area (Å²) in [5.41, 5.74) is 10.4. The highest BCUT2D eigenvalue weighted by Crippen LogP contribution is 2.02. The smallest absolute Gasteiger partial charge is 0.372 e. The molecule has 0 aliphatic carbocycles. The second-order valence-electron chi connectivity index (χ2n) is 4.80. The van der Waals surface area contributed by atoms with Crippen LogP contribution in [0.1, 0.15) is 39.5 Å². The van der Waals surface area contributed by atoms with Gasteiger partial charge >= 0.3 is 17.9 Å². The fourth-order valence-electron chi connectivity index (χ4n) is 1.20. The van der Waals surface area contributed by atoms with E-state index in [1.165, 1.54) is 0 Å². The Balaban J connectivity index is 0. The van der Waals surface area contributed by atoms with Crippen LogP contribution in [0.2, 0.25) is 0 Å². The van der Waals surface area contributed by atoms with Crippen LogP contribution in [0.15, 0.2) is 0 Å². The average molecular weight is 320 g/mol. The van der Waals surface area contributed by atoms with E-state index in [9.17, 15) is 19.2 Å². The molecule has 9 nitrogen and oxygen atoms in total. The number of hydrogen-bond donors (Lipinski definition) is 5. The second-order valence-corrected chi connectivity index (χ2v) is 4.80. The van der Waals surface area contributed by atoms with Gasteiger partial charge in [0.05, 0.1) is 0 Å². The molecular formula is C13H24N2O7. The van der Waals surface area contributed by atoms with Crippen LogP contribution in [0.3, 0.4) is 0 Å². The summed E-state index contributed by atoms with van der Waals surface area (Å²) < 4.78 is 0. The summed E-state index contributed by atoms with van der Waals surface area (Å²) in [4.78, 5) is 40.9. The van der Waals surface area contributed by atoms with Crippen LogP contribution < -0.4 is 11.5 Å². The van der Waals surface area contributed by atoms with Crippen molar-refractivity contribution in [2.45, 2.75) is 51.6 Å². The topological polar surface area (TPSA) is 181 Å². The Morgan fingerprint density at radius 3 is 1.45 bits per heavy atom. The molecule has 0 aliphatic rings. The molecule has 0 spiro atoms. The van der Waals surface area contributed by atoms with E-state index in [2.05, 4.69) is 0 Å². The van der Waals surface area contributed by atoms with E-state index >= 15 is 0 Å². The highest BCUT2D eigenvalue weighted by atomic mass is 16.4. The lowest BCUT2D eigenvalue weighted by atomic mass is 10.0. The molecule has 3 atom stereocenters. The first kappa shape index (κ1) is 22.3. The third-order valence-electron chi connectivity index (χ3n) is 2.94. The minimum Gasteiger partial charge on any atom is -0.480 e. The second kappa shape index (κ2) is 11.6. The first-order valence-electron chi connectivity index (χ1n) is 6.78. The molecule has 0 rings (SSSR count). The van der Waals surface area contributed by atoms with E-state index in [-0.39, 0.29) is 18.8 Å². The number of rotatable bonds is 9. The van der Waals surface area contributed by atoms with Crippen molar-refractivity contribution in [3.05, 3.63) is 0 Å². The fraction of sp³-hybridized carbons (Fsp3) is 0.692. The molecule has 0 saturated heterocycles. The van der Waals surface area contributed by atoms with Crippen LogP contribution in [-0.4, -0.2) is 51.1 Å². The zero-order valence-electron chi connectivity index (χ0n) is 12.7. The van der Waals surface area contributed by atoms with Gasteiger partial charge in [-0.15, -0.1) is 0 Å². The molecule has 0 amide bonds. The molecule has 9 heteroatoms. The Kier molecular flexibility index (Phi) is 11.8. The number of ketones is 1. The molecule has 22 heavy (non-hydrogen) atoms. The number of carbonyl (C=O) groups is 4. The number of hydrogen-bond acceptors (Lipinski definition) is 6. The quantitative estimate of drug-likeness (QED) is 0.355. The lowest BCUT2D eigenvalue weighted by Gasteiger charge is -2.07. The monoisotopic (exact) mass is 320 g/mol. The maximum Gasteiger partial charge on any atom is 0.372 e. The number of Topliss-reactive ketones (excluding diaryl/α,β-unsaturated/α-hetero) is 1. The number of aliphatic carboxylic acids is 3. The molecule has 0 radical (unpaired) electrons. The van der Waals surface area contributed by atoms with Crippen LogP contribution in [-0.2, 0) is 19.2 Å². The Morgan fingerprint density at radius 2 is 1.27 bits per heavy atom. The minimum absolute atomic E-state index is 0.246. The minimum atomic E-state index is -1.33. The van der Waals surface area contributed by atoms with E-state index in [1.807, 2.05) is 0 Å². The van der Waals surface area contributed by atoms with Gasteiger partial charge in [-0.05, 0) is 25.7 Å². The summed E-state index contributed by atoms with van der Waals surface area (Å²) >= 11 is 0. The molecule has 0 saturated carbocycles. The van der Waals surface area contributed by atoms with Crippen LogP contribution >= 0.6 is 0 Å². The number of carbonyl (C=O) groups excluding carboxylic acids is 1. The van der Waals surface area contributed by atoms with Crippen LogP contribution in [0.25, 0.3) is 0 Å². The molecule has 0 aliphatic heterocycles. The van der Waals surface area contributed by atoms with Gasteiger partial charge in [-0.25, -0.2) is 4.79 Å². The molecule has 128 valence electrons. The van der Waals surface area contributed by atoms with Crippen LogP contribution in [0, 0.1) is 5.92 Å². The maximum absolute atomic E-state index is 10.5. The van der Waals surface area contributed by atoms with Crippen molar-refractivity contribution in [2.75, 3.05) is 0 Å². The van der Waals surface area contributed by atoms with Crippen molar-refractivity contribution in [2.24, 2.45) is 17.4 Å². The van der Waals surface area contributed by atoms with Crippen molar-refractivity contribution >= 4 is 23.7 Å². The number of carboxylic acids is 3. The molecule has 0 fully saturated rings. The van der Waals surface area contributed by atoms with Crippen LogP contribution in [0.5, 0.6) is 0 Å². The van der Waals surface area contributed by atoms with Gasteiger partial charge in [0.2, 0.25) is 5.78 Å². The predicted molar refractivity (Wildman–Crippen MR) is 77.2 cm³/mol. The van der Waals surface area contributed by atoms with E-state index < -0.39 is 35.8 Å². The van der Waals surface area contributed by atoms with Gasteiger partial charge in [-0.1, -0.05) is 13.8 Å². The highest BCUT2D eigenvalue weighted by molar-refractivity contribution is 6.33. The number of nitrogens with two attached hydrogens (primary N) is 2. The lowest BCUT2D eigenvalue weighted by Crippen LogP contribution is -2.33. The largest absolute Gasteiger partial charge is 0.480 e. The van der Waals surface area contributed by atoms with Crippen LogP contribution in [0.4, 0.5) is 0 Å². The predicted octanol–water partition coefficient (Wildman–Crippen LogP) is -0.333. The van der Waals surface area contributed by atoms with Gasteiger partial charge in [0, 0.05) is 5.92 Å². The molecule has 3 unspecified atom stereocenters. The SMILES string of the molecule is CCC(C)C(=O)C(=O)O.NC(CCCC(N)C(=O)O)C(=O)O. The van der Waals surface area contributed by atoms with Gasteiger partial charge in [-0.3, -0.25) is 14.4 Å². The first-order valence-corrected chi connectivity index (χ1v) is 6.78. The molecule has 0 heterocycles. The summed E-state index contributed by atoms with van der Waals surface area (Å²) in [5, 5.41) is 24.9. The van der Waals surface area contributed by atoms with Gasteiger partial charge in [-0.2, -0.15) is 0 Å². The lowest BCUT2D eigenvalue weighted by molar-refractivity contribution is -0.150. The Morgan fingerprint density at radius 1 is 0.909 bits per heavy atom. The van der Waals surface area contributed by atoms with Gasteiger partial charge < -0.3 is 26.8 Å². The van der Waals surface area contributed by atoms with Gasteiger partial charge in [0.25, 0.3) is 0 Å². The van der Waals surface area contributed by atoms with E-state index in [0.29, 0.717) is 12.8 Å². The average Bonchev–Trinajstić information content (AvgIpc) is 2.45. The standard InChI is InChI=1S/C7H14N2O4.C6H10O3/c8-4(6(10)11)2-1-3-5(9)7(12)13;1-3-4(2)5(7)6(8)9/h4-5H,1-3,8-9H2,(H,10,11)(H,12,13);4H,3H2,1-2H3,(H,8,9). The highest BCUT2D eigenvalue weighted by Gasteiger charge is 2.17. The Hall–Kier alpha value is -2.00.